The summed E-state index contributed by atoms with van der Waals surface area (Å²) in [6.07, 6.45) is 5.98. The molecule has 0 spiro atoms. The number of anilines is 1. The molecule has 5 heteroatoms. The van der Waals surface area contributed by atoms with Crippen LogP contribution in [0.4, 0.5) is 10.1 Å². The average molecular weight is 343 g/mol. The largest absolute Gasteiger partial charge is 0.330 e. The molecule has 3 N–H and O–H groups in total. The predicted molar refractivity (Wildman–Crippen MR) is 81.9 cm³/mol. The molecule has 1 amide bonds. The number of hydrogen-bond acceptors (Lipinski definition) is 2. The van der Waals surface area contributed by atoms with E-state index >= 15 is 0 Å². The van der Waals surface area contributed by atoms with E-state index in [0.29, 0.717) is 23.1 Å². The topological polar surface area (TPSA) is 55.1 Å². The molecule has 0 heterocycles. The molecule has 0 unspecified atom stereocenters. The Kier molecular flexibility index (Phi) is 5.16. The van der Waals surface area contributed by atoms with Crippen LogP contribution in [0.2, 0.25) is 0 Å². The van der Waals surface area contributed by atoms with Gasteiger partial charge in [-0.15, -0.1) is 0 Å². The van der Waals surface area contributed by atoms with Gasteiger partial charge in [-0.3, -0.25) is 4.79 Å². The van der Waals surface area contributed by atoms with Crippen molar-refractivity contribution in [3.63, 3.8) is 0 Å². The molecule has 20 heavy (non-hydrogen) atoms. The summed E-state index contributed by atoms with van der Waals surface area (Å²) < 4.78 is 13.6. The van der Waals surface area contributed by atoms with E-state index in [1.807, 2.05) is 0 Å². The van der Waals surface area contributed by atoms with E-state index in [0.717, 1.165) is 25.7 Å². The van der Waals surface area contributed by atoms with Crippen LogP contribution in [-0.4, -0.2) is 12.5 Å². The standard InChI is InChI=1S/C15H20BrFN2O/c16-12-8-11(17)4-5-13(12)19-14(20)9-15(10-18)6-2-1-3-7-15/h4-5,8H,1-3,6-7,9-10,18H2,(H,19,20). The van der Waals surface area contributed by atoms with Crippen molar-refractivity contribution in [2.24, 2.45) is 11.1 Å². The molecule has 2 rings (SSSR count). The maximum atomic E-state index is 13.0. The fourth-order valence-electron chi connectivity index (χ4n) is 2.88. The zero-order valence-electron chi connectivity index (χ0n) is 11.4. The highest BCUT2D eigenvalue weighted by atomic mass is 79.9. The molecule has 1 saturated carbocycles. The summed E-state index contributed by atoms with van der Waals surface area (Å²) in [6, 6.07) is 4.24. The van der Waals surface area contributed by atoms with Gasteiger partial charge in [-0.1, -0.05) is 19.3 Å². The summed E-state index contributed by atoms with van der Waals surface area (Å²) in [4.78, 5) is 12.2. The van der Waals surface area contributed by atoms with Crippen LogP contribution < -0.4 is 11.1 Å². The van der Waals surface area contributed by atoms with Gasteiger partial charge in [0.1, 0.15) is 5.82 Å². The van der Waals surface area contributed by atoms with Crippen LogP contribution >= 0.6 is 15.9 Å². The van der Waals surface area contributed by atoms with Crippen molar-refractivity contribution in [1.29, 1.82) is 0 Å². The van der Waals surface area contributed by atoms with Crippen molar-refractivity contribution in [1.82, 2.24) is 0 Å². The second-order valence-corrected chi connectivity index (χ2v) is 6.47. The molecule has 0 saturated heterocycles. The van der Waals surface area contributed by atoms with Crippen LogP contribution in [0, 0.1) is 11.2 Å². The minimum atomic E-state index is -0.333. The number of benzene rings is 1. The number of halogens is 2. The first-order valence-corrected chi connectivity index (χ1v) is 7.79. The molecule has 0 bridgehead atoms. The predicted octanol–water partition coefficient (Wildman–Crippen LogP) is 3.83. The van der Waals surface area contributed by atoms with Crippen LogP contribution in [-0.2, 0) is 4.79 Å². The Bertz CT molecular complexity index is 487. The van der Waals surface area contributed by atoms with Crippen molar-refractivity contribution in [3.05, 3.63) is 28.5 Å². The van der Waals surface area contributed by atoms with Gasteiger partial charge in [0.15, 0.2) is 0 Å². The SMILES string of the molecule is NCC1(CC(=O)Nc2ccc(F)cc2Br)CCCCC1. The summed E-state index contributed by atoms with van der Waals surface area (Å²) in [5, 5.41) is 2.84. The second kappa shape index (κ2) is 6.68. The van der Waals surface area contributed by atoms with Gasteiger partial charge in [0.2, 0.25) is 5.91 Å². The van der Waals surface area contributed by atoms with Crippen molar-refractivity contribution >= 4 is 27.5 Å². The van der Waals surface area contributed by atoms with E-state index in [9.17, 15) is 9.18 Å². The van der Waals surface area contributed by atoms with Crippen molar-refractivity contribution in [2.75, 3.05) is 11.9 Å². The van der Waals surface area contributed by atoms with Crippen LogP contribution in [0.25, 0.3) is 0 Å². The van der Waals surface area contributed by atoms with Gasteiger partial charge in [0.05, 0.1) is 5.69 Å². The van der Waals surface area contributed by atoms with Gasteiger partial charge in [-0.05, 0) is 58.9 Å². The molecule has 0 aromatic heterocycles. The number of amides is 1. The summed E-state index contributed by atoms with van der Waals surface area (Å²) in [6.45, 7) is 0.547. The molecule has 1 aromatic rings. The Balaban J connectivity index is 2.00. The van der Waals surface area contributed by atoms with Gasteiger partial charge in [-0.25, -0.2) is 4.39 Å². The van der Waals surface area contributed by atoms with E-state index in [1.165, 1.54) is 18.6 Å². The molecule has 1 aromatic carbocycles. The van der Waals surface area contributed by atoms with E-state index in [2.05, 4.69) is 21.2 Å². The summed E-state index contributed by atoms with van der Waals surface area (Å²) in [5.41, 5.74) is 6.43. The number of nitrogens with one attached hydrogen (secondary N) is 1. The molecule has 3 nitrogen and oxygen atoms in total. The second-order valence-electron chi connectivity index (χ2n) is 5.61. The minimum Gasteiger partial charge on any atom is -0.330 e. The summed E-state index contributed by atoms with van der Waals surface area (Å²) in [5.74, 6) is -0.384. The number of nitrogens with two attached hydrogens (primary N) is 1. The first-order valence-electron chi connectivity index (χ1n) is 7.00. The third kappa shape index (κ3) is 3.79. The van der Waals surface area contributed by atoms with E-state index in [4.69, 9.17) is 5.73 Å². The monoisotopic (exact) mass is 342 g/mol. The Morgan fingerprint density at radius 3 is 2.65 bits per heavy atom. The lowest BCUT2D eigenvalue weighted by molar-refractivity contribution is -0.118. The number of carbonyl (C=O) groups excluding carboxylic acids is 1. The highest BCUT2D eigenvalue weighted by molar-refractivity contribution is 9.10. The maximum Gasteiger partial charge on any atom is 0.225 e. The molecule has 110 valence electrons. The molecule has 1 aliphatic rings. The molecule has 1 fully saturated rings. The molecule has 1 aliphatic carbocycles. The third-order valence-electron chi connectivity index (χ3n) is 4.09. The zero-order valence-corrected chi connectivity index (χ0v) is 13.0. The Hall–Kier alpha value is -0.940. The lowest BCUT2D eigenvalue weighted by atomic mass is 9.71. The summed E-state index contributed by atoms with van der Waals surface area (Å²) >= 11 is 3.25. The minimum absolute atomic E-state index is 0.0512. The normalized spacial score (nSPS) is 17.8. The fraction of sp³-hybridized carbons (Fsp3) is 0.533. The van der Waals surface area contributed by atoms with Gasteiger partial charge < -0.3 is 11.1 Å². The number of carbonyl (C=O) groups is 1. The summed E-state index contributed by atoms with van der Waals surface area (Å²) in [7, 11) is 0. The van der Waals surface area contributed by atoms with Gasteiger partial charge in [0, 0.05) is 10.9 Å². The van der Waals surface area contributed by atoms with Crippen molar-refractivity contribution in [2.45, 2.75) is 38.5 Å². The zero-order chi connectivity index (χ0) is 14.6. The molecule has 0 aliphatic heterocycles. The Morgan fingerprint density at radius 1 is 1.35 bits per heavy atom. The molecule has 0 radical (unpaired) electrons. The number of rotatable bonds is 4. The lowest BCUT2D eigenvalue weighted by Crippen LogP contribution is -2.36. The Morgan fingerprint density at radius 2 is 2.05 bits per heavy atom. The van der Waals surface area contributed by atoms with Crippen molar-refractivity contribution < 1.29 is 9.18 Å². The number of hydrogen-bond donors (Lipinski definition) is 2. The molecular formula is C15H20BrFN2O. The van der Waals surface area contributed by atoms with Gasteiger partial charge in [0.25, 0.3) is 0 Å². The van der Waals surface area contributed by atoms with E-state index < -0.39 is 0 Å². The highest BCUT2D eigenvalue weighted by Crippen LogP contribution is 2.38. The van der Waals surface area contributed by atoms with Crippen LogP contribution in [0.5, 0.6) is 0 Å². The highest BCUT2D eigenvalue weighted by Gasteiger charge is 2.33. The fourth-order valence-corrected chi connectivity index (χ4v) is 3.33. The first-order chi connectivity index (χ1) is 9.54. The third-order valence-corrected chi connectivity index (χ3v) is 4.74. The van der Waals surface area contributed by atoms with Crippen LogP contribution in [0.15, 0.2) is 22.7 Å². The Labute approximate surface area is 127 Å². The van der Waals surface area contributed by atoms with E-state index in [1.54, 1.807) is 6.07 Å². The maximum absolute atomic E-state index is 13.0. The van der Waals surface area contributed by atoms with E-state index in [-0.39, 0.29) is 17.1 Å². The van der Waals surface area contributed by atoms with Crippen molar-refractivity contribution in [3.8, 4) is 0 Å². The average Bonchev–Trinajstić information content (AvgIpc) is 2.43. The molecule has 0 atom stereocenters. The van der Waals surface area contributed by atoms with Gasteiger partial charge >= 0.3 is 0 Å². The smallest absolute Gasteiger partial charge is 0.225 e. The first kappa shape index (κ1) is 15.4. The lowest BCUT2D eigenvalue weighted by Gasteiger charge is -2.35. The molecular weight excluding hydrogens is 323 g/mol. The van der Waals surface area contributed by atoms with Crippen LogP contribution in [0.1, 0.15) is 38.5 Å². The quantitative estimate of drug-likeness (QED) is 0.873. The van der Waals surface area contributed by atoms with Gasteiger partial charge in [-0.2, -0.15) is 0 Å². The van der Waals surface area contributed by atoms with Crippen LogP contribution in [0.3, 0.4) is 0 Å².